The molecule has 11 aromatic rings. The van der Waals surface area contributed by atoms with Crippen LogP contribution in [0.4, 0.5) is 0 Å². The third-order valence-corrected chi connectivity index (χ3v) is 17.5. The lowest BCUT2D eigenvalue weighted by Gasteiger charge is -2.61. The SMILES string of the molecule is CC(C)(C)c1ccc2c3cc(-c4ccc5c(c4)c4ccccc4n5-c4ccc5ccccc5c4)ccc3n(-c3ccc4c(c3)C3(c5ccc(-c6cccnc6)cc5-4)C4CC5CC(C4)CC3C5)c2c1. The molecule has 4 bridgehead atoms. The smallest absolute Gasteiger partial charge is 0.0544 e. The molecule has 5 aliphatic rings. The van der Waals surface area contributed by atoms with Gasteiger partial charge >= 0.3 is 0 Å². The van der Waals surface area contributed by atoms with Crippen molar-refractivity contribution in [2.24, 2.45) is 23.7 Å². The molecule has 1 spiro atoms. The summed E-state index contributed by atoms with van der Waals surface area (Å²) in [6.45, 7) is 7.03. The molecule has 0 N–H and O–H groups in total. The van der Waals surface area contributed by atoms with E-state index >= 15 is 0 Å². The third-order valence-electron chi connectivity index (χ3n) is 17.5. The van der Waals surface area contributed by atoms with Gasteiger partial charge in [-0.05, 0) is 189 Å². The van der Waals surface area contributed by atoms with Crippen LogP contribution in [0.15, 0.2) is 182 Å². The summed E-state index contributed by atoms with van der Waals surface area (Å²) in [5.74, 6) is 3.15. The van der Waals surface area contributed by atoms with Gasteiger partial charge in [-0.15, -0.1) is 0 Å². The largest absolute Gasteiger partial charge is 0.309 e. The Morgan fingerprint density at radius 2 is 1.07 bits per heavy atom. The van der Waals surface area contributed by atoms with Gasteiger partial charge in [0.15, 0.2) is 0 Å². The zero-order valence-corrected chi connectivity index (χ0v) is 39.0. The molecule has 0 amide bonds. The van der Waals surface area contributed by atoms with Crippen molar-refractivity contribution in [2.45, 2.75) is 63.7 Å². The molecular formula is C65H53N3. The predicted octanol–water partition coefficient (Wildman–Crippen LogP) is 16.8. The van der Waals surface area contributed by atoms with Gasteiger partial charge < -0.3 is 9.13 Å². The van der Waals surface area contributed by atoms with Crippen molar-refractivity contribution in [3.63, 3.8) is 0 Å². The summed E-state index contributed by atoms with van der Waals surface area (Å²) in [6.07, 6.45) is 10.8. The number of hydrogen-bond acceptors (Lipinski definition) is 1. The molecule has 328 valence electrons. The average molecular weight is 876 g/mol. The Labute approximate surface area is 397 Å². The van der Waals surface area contributed by atoms with Crippen LogP contribution in [0.5, 0.6) is 0 Å². The van der Waals surface area contributed by atoms with Crippen LogP contribution in [0.2, 0.25) is 0 Å². The molecule has 5 aliphatic carbocycles. The van der Waals surface area contributed by atoms with E-state index in [1.807, 2.05) is 12.4 Å². The van der Waals surface area contributed by atoms with E-state index in [0.717, 1.165) is 11.8 Å². The number of para-hydroxylation sites is 1. The lowest BCUT2D eigenvalue weighted by Crippen LogP contribution is -2.55. The fraction of sp³-hybridized carbons (Fsp3) is 0.215. The predicted molar refractivity (Wildman–Crippen MR) is 283 cm³/mol. The first-order valence-corrected chi connectivity index (χ1v) is 25.1. The standard InChI is InChI=1S/C65H53N3/c1-64(2,3)47-18-21-54-57-35-44(43-16-24-61-56(34-43)53-12-6-7-13-60(53)67(61)50-19-14-41-9-4-5-10-42(41)32-50)17-25-62(57)68(63(54)36-47)51-20-22-52-55-33-45(46-11-8-26-66-38-46)15-23-58(55)65(59(52)37-51)48-28-39-27-40(30-48)31-49(65)29-39/h4-26,32-40,48-49H,27-31H2,1-3H3. The minimum Gasteiger partial charge on any atom is -0.309 e. The Bertz CT molecular complexity index is 3880. The van der Waals surface area contributed by atoms with Gasteiger partial charge in [0.25, 0.3) is 0 Å². The van der Waals surface area contributed by atoms with Crippen LogP contribution < -0.4 is 0 Å². The van der Waals surface area contributed by atoms with Crippen LogP contribution in [0.3, 0.4) is 0 Å². The second-order valence-corrected chi connectivity index (χ2v) is 22.1. The topological polar surface area (TPSA) is 22.8 Å². The zero-order valence-electron chi connectivity index (χ0n) is 39.0. The van der Waals surface area contributed by atoms with Crippen molar-refractivity contribution < 1.29 is 0 Å². The second-order valence-electron chi connectivity index (χ2n) is 22.1. The van der Waals surface area contributed by atoms with Gasteiger partial charge in [0.2, 0.25) is 0 Å². The monoisotopic (exact) mass is 875 g/mol. The lowest BCUT2D eigenvalue weighted by atomic mass is 9.43. The molecule has 3 heterocycles. The van der Waals surface area contributed by atoms with E-state index in [0.29, 0.717) is 11.8 Å². The van der Waals surface area contributed by atoms with Crippen LogP contribution >= 0.6 is 0 Å². The summed E-state index contributed by atoms with van der Waals surface area (Å²) in [5.41, 5.74) is 19.9. The highest BCUT2D eigenvalue weighted by molar-refractivity contribution is 6.13. The highest BCUT2D eigenvalue weighted by Crippen LogP contribution is 2.69. The molecule has 0 atom stereocenters. The van der Waals surface area contributed by atoms with Crippen LogP contribution in [-0.2, 0) is 10.8 Å². The van der Waals surface area contributed by atoms with Gasteiger partial charge in [0.05, 0.1) is 22.1 Å². The van der Waals surface area contributed by atoms with Gasteiger partial charge in [0.1, 0.15) is 0 Å². The Hall–Kier alpha value is -7.23. The lowest BCUT2D eigenvalue weighted by molar-refractivity contribution is -0.0399. The number of rotatable bonds is 4. The number of nitrogens with zero attached hydrogens (tertiary/aromatic N) is 3. The van der Waals surface area contributed by atoms with Crippen molar-refractivity contribution in [1.29, 1.82) is 0 Å². The zero-order chi connectivity index (χ0) is 45.0. The van der Waals surface area contributed by atoms with Crippen LogP contribution in [0.1, 0.15) is 69.6 Å². The van der Waals surface area contributed by atoms with Crippen LogP contribution in [0.25, 0.3) is 99.1 Å². The van der Waals surface area contributed by atoms with Crippen molar-refractivity contribution in [2.75, 3.05) is 0 Å². The molecular weight excluding hydrogens is 823 g/mol. The molecule has 0 saturated heterocycles. The summed E-state index contributed by atoms with van der Waals surface area (Å²) >= 11 is 0. The maximum atomic E-state index is 4.51. The van der Waals surface area contributed by atoms with Crippen molar-refractivity contribution in [1.82, 2.24) is 14.1 Å². The Kier molecular flexibility index (Phi) is 7.95. The van der Waals surface area contributed by atoms with Crippen LogP contribution in [-0.4, -0.2) is 14.1 Å². The maximum Gasteiger partial charge on any atom is 0.0544 e. The number of aromatic nitrogens is 3. The van der Waals surface area contributed by atoms with Gasteiger partial charge in [-0.2, -0.15) is 0 Å². The number of hydrogen-bond donors (Lipinski definition) is 0. The average Bonchev–Trinajstić information content (AvgIpc) is 3.98. The molecule has 68 heavy (non-hydrogen) atoms. The van der Waals surface area contributed by atoms with Crippen molar-refractivity contribution in [3.8, 4) is 44.8 Å². The highest BCUT2D eigenvalue weighted by Gasteiger charge is 2.61. The Balaban J connectivity index is 0.914. The second kappa shape index (κ2) is 13.9. The summed E-state index contributed by atoms with van der Waals surface area (Å²) in [5, 5.41) is 7.66. The first kappa shape index (κ1) is 38.8. The highest BCUT2D eigenvalue weighted by atomic mass is 15.0. The summed E-state index contributed by atoms with van der Waals surface area (Å²) in [7, 11) is 0. The number of fused-ring (bicyclic) bond motifs is 10. The maximum absolute atomic E-state index is 4.51. The van der Waals surface area contributed by atoms with E-state index in [1.54, 1.807) is 11.1 Å². The Morgan fingerprint density at radius 3 is 1.81 bits per heavy atom. The molecule has 0 aliphatic heterocycles. The summed E-state index contributed by atoms with van der Waals surface area (Å²) < 4.78 is 5.05. The third kappa shape index (κ3) is 5.39. The fourth-order valence-electron chi connectivity index (χ4n) is 14.7. The molecule has 3 nitrogen and oxygen atoms in total. The van der Waals surface area contributed by atoms with Gasteiger partial charge in [0, 0.05) is 56.3 Å². The van der Waals surface area contributed by atoms with Crippen LogP contribution in [0, 0.1) is 23.7 Å². The van der Waals surface area contributed by atoms with Gasteiger partial charge in [-0.25, -0.2) is 0 Å². The van der Waals surface area contributed by atoms with E-state index in [1.165, 1.54) is 137 Å². The molecule has 4 fully saturated rings. The molecule has 4 saturated carbocycles. The van der Waals surface area contributed by atoms with E-state index in [9.17, 15) is 0 Å². The number of pyridine rings is 1. The first-order chi connectivity index (χ1) is 33.3. The van der Waals surface area contributed by atoms with Crippen molar-refractivity contribution >= 4 is 54.4 Å². The summed E-state index contributed by atoms with van der Waals surface area (Å²) in [6, 6.07) is 65.3. The van der Waals surface area contributed by atoms with Gasteiger partial charge in [-0.3, -0.25) is 4.98 Å². The number of benzene rings is 8. The quantitative estimate of drug-likeness (QED) is 0.173. The van der Waals surface area contributed by atoms with E-state index in [4.69, 9.17) is 0 Å². The molecule has 0 radical (unpaired) electrons. The minimum atomic E-state index is 0.0120. The molecule has 8 aromatic carbocycles. The molecule has 3 aromatic heterocycles. The van der Waals surface area contributed by atoms with E-state index in [-0.39, 0.29) is 10.8 Å². The molecule has 16 rings (SSSR count). The van der Waals surface area contributed by atoms with Gasteiger partial charge in [-0.1, -0.05) is 118 Å². The minimum absolute atomic E-state index is 0.0120. The normalized spacial score (nSPS) is 21.5. The van der Waals surface area contributed by atoms with E-state index in [2.05, 4.69) is 205 Å². The first-order valence-electron chi connectivity index (χ1n) is 25.1. The van der Waals surface area contributed by atoms with Crippen molar-refractivity contribution in [3.05, 3.63) is 199 Å². The molecule has 3 heteroatoms. The summed E-state index contributed by atoms with van der Waals surface area (Å²) in [4.78, 5) is 4.51. The fourth-order valence-corrected chi connectivity index (χ4v) is 14.7. The molecule has 0 unspecified atom stereocenters. The van der Waals surface area contributed by atoms with E-state index < -0.39 is 0 Å². The Morgan fingerprint density at radius 1 is 0.441 bits per heavy atom.